The van der Waals surface area contributed by atoms with Crippen molar-refractivity contribution in [3.63, 3.8) is 0 Å². The standard InChI is InChI=1S/C18H20N4O3S/c1-11(2)10-14(15(23)20-17-19-8-9-26-17)22-16(24)12-6-4-5-7-13(12)21(3)18(22)25/h4-9,11,14H,10H2,1-3H3,(H,19,20,23). The number of nitrogens with zero attached hydrogens (tertiary/aromatic N) is 3. The van der Waals surface area contributed by atoms with Crippen LogP contribution in [0.5, 0.6) is 0 Å². The number of aryl methyl sites for hydroxylation is 1. The zero-order valence-corrected chi connectivity index (χ0v) is 15.6. The summed E-state index contributed by atoms with van der Waals surface area (Å²) in [5, 5.41) is 5.30. The zero-order valence-electron chi connectivity index (χ0n) is 14.8. The third-order valence-corrected chi connectivity index (χ3v) is 4.87. The van der Waals surface area contributed by atoms with Gasteiger partial charge >= 0.3 is 5.69 Å². The molecule has 1 unspecified atom stereocenters. The first-order valence-electron chi connectivity index (χ1n) is 8.30. The van der Waals surface area contributed by atoms with E-state index in [9.17, 15) is 14.4 Å². The Kier molecular flexibility index (Phi) is 5.03. The number of para-hydroxylation sites is 1. The Balaban J connectivity index is 2.16. The van der Waals surface area contributed by atoms with Crippen molar-refractivity contribution < 1.29 is 4.79 Å². The first-order chi connectivity index (χ1) is 12.4. The summed E-state index contributed by atoms with van der Waals surface area (Å²) < 4.78 is 2.46. The fourth-order valence-electron chi connectivity index (χ4n) is 2.95. The van der Waals surface area contributed by atoms with Crippen LogP contribution in [0.2, 0.25) is 0 Å². The summed E-state index contributed by atoms with van der Waals surface area (Å²) >= 11 is 1.28. The van der Waals surface area contributed by atoms with Crippen molar-refractivity contribution in [2.45, 2.75) is 26.3 Å². The van der Waals surface area contributed by atoms with Crippen molar-refractivity contribution >= 4 is 33.3 Å². The van der Waals surface area contributed by atoms with Gasteiger partial charge in [-0.2, -0.15) is 0 Å². The molecule has 136 valence electrons. The zero-order chi connectivity index (χ0) is 18.8. The van der Waals surface area contributed by atoms with Crippen LogP contribution in [0.15, 0.2) is 45.4 Å². The van der Waals surface area contributed by atoms with Gasteiger partial charge in [0.25, 0.3) is 5.56 Å². The maximum Gasteiger partial charge on any atom is 0.331 e. The van der Waals surface area contributed by atoms with Crippen molar-refractivity contribution in [2.24, 2.45) is 13.0 Å². The molecule has 0 aliphatic carbocycles. The van der Waals surface area contributed by atoms with E-state index in [0.29, 0.717) is 22.5 Å². The number of fused-ring (bicyclic) bond motifs is 1. The fourth-order valence-corrected chi connectivity index (χ4v) is 3.49. The fraction of sp³-hybridized carbons (Fsp3) is 0.333. The number of hydrogen-bond acceptors (Lipinski definition) is 5. The van der Waals surface area contributed by atoms with E-state index in [-0.39, 0.29) is 5.92 Å². The van der Waals surface area contributed by atoms with Crippen LogP contribution in [-0.4, -0.2) is 20.0 Å². The number of anilines is 1. The number of nitrogens with one attached hydrogen (secondary N) is 1. The number of hydrogen-bond donors (Lipinski definition) is 1. The minimum absolute atomic E-state index is 0.116. The molecule has 0 radical (unpaired) electrons. The minimum Gasteiger partial charge on any atom is -0.300 e. The molecule has 0 saturated carbocycles. The summed E-state index contributed by atoms with van der Waals surface area (Å²) in [6, 6.07) is 5.99. The van der Waals surface area contributed by atoms with E-state index in [4.69, 9.17) is 0 Å². The quantitative estimate of drug-likeness (QED) is 0.745. The van der Waals surface area contributed by atoms with E-state index < -0.39 is 23.2 Å². The molecule has 8 heteroatoms. The maximum atomic E-state index is 13.0. The Morgan fingerprint density at radius 2 is 2.00 bits per heavy atom. The van der Waals surface area contributed by atoms with Crippen LogP contribution < -0.4 is 16.6 Å². The van der Waals surface area contributed by atoms with E-state index in [1.807, 2.05) is 13.8 Å². The summed E-state index contributed by atoms with van der Waals surface area (Å²) in [5.74, 6) is -0.298. The van der Waals surface area contributed by atoms with Gasteiger partial charge in [0, 0.05) is 18.6 Å². The predicted molar refractivity (Wildman–Crippen MR) is 103 cm³/mol. The molecular formula is C18H20N4O3S. The second kappa shape index (κ2) is 7.25. The smallest absolute Gasteiger partial charge is 0.300 e. The van der Waals surface area contributed by atoms with E-state index in [2.05, 4.69) is 10.3 Å². The summed E-state index contributed by atoms with van der Waals surface area (Å²) in [5.41, 5.74) is -0.417. The molecule has 1 amide bonds. The van der Waals surface area contributed by atoms with Crippen molar-refractivity contribution in [1.29, 1.82) is 0 Å². The van der Waals surface area contributed by atoms with Gasteiger partial charge in [-0.15, -0.1) is 11.3 Å². The Hall–Kier alpha value is -2.74. The molecule has 0 spiro atoms. The van der Waals surface area contributed by atoms with Crippen molar-refractivity contribution in [2.75, 3.05) is 5.32 Å². The van der Waals surface area contributed by atoms with Gasteiger partial charge < -0.3 is 5.32 Å². The Morgan fingerprint density at radius 3 is 2.65 bits per heavy atom. The van der Waals surface area contributed by atoms with E-state index in [1.165, 1.54) is 15.9 Å². The van der Waals surface area contributed by atoms with Gasteiger partial charge in [0.15, 0.2) is 5.13 Å². The first-order valence-corrected chi connectivity index (χ1v) is 9.18. The Bertz CT molecular complexity index is 1050. The molecule has 1 atom stereocenters. The average molecular weight is 372 g/mol. The lowest BCUT2D eigenvalue weighted by atomic mass is 10.0. The van der Waals surface area contributed by atoms with Gasteiger partial charge in [0.1, 0.15) is 6.04 Å². The summed E-state index contributed by atoms with van der Waals surface area (Å²) in [7, 11) is 1.60. The molecule has 26 heavy (non-hydrogen) atoms. The minimum atomic E-state index is -0.908. The van der Waals surface area contributed by atoms with Gasteiger partial charge in [-0.1, -0.05) is 26.0 Å². The number of aromatic nitrogens is 3. The number of carbonyl (C=O) groups is 1. The molecule has 1 aromatic carbocycles. The van der Waals surface area contributed by atoms with Crippen molar-refractivity contribution in [1.82, 2.24) is 14.1 Å². The molecule has 2 aromatic heterocycles. The van der Waals surface area contributed by atoms with Gasteiger partial charge in [0.2, 0.25) is 5.91 Å². The number of thiazole rings is 1. The SMILES string of the molecule is CC(C)CC(C(=O)Nc1nccs1)n1c(=O)c2ccccc2n(C)c1=O. The lowest BCUT2D eigenvalue weighted by molar-refractivity contribution is -0.119. The molecule has 7 nitrogen and oxygen atoms in total. The summed E-state index contributed by atoms with van der Waals surface area (Å²) in [6.07, 6.45) is 1.95. The van der Waals surface area contributed by atoms with E-state index in [1.54, 1.807) is 42.9 Å². The third kappa shape index (κ3) is 3.32. The Morgan fingerprint density at radius 1 is 1.27 bits per heavy atom. The normalized spacial score (nSPS) is 12.5. The highest BCUT2D eigenvalue weighted by Gasteiger charge is 2.27. The molecule has 2 heterocycles. The lowest BCUT2D eigenvalue weighted by Gasteiger charge is -2.21. The molecule has 3 rings (SSSR count). The molecule has 1 N–H and O–H groups in total. The molecule has 0 saturated heterocycles. The molecule has 3 aromatic rings. The van der Waals surface area contributed by atoms with Crippen LogP contribution >= 0.6 is 11.3 Å². The lowest BCUT2D eigenvalue weighted by Crippen LogP contribution is -2.45. The van der Waals surface area contributed by atoms with Crippen molar-refractivity contribution in [3.8, 4) is 0 Å². The van der Waals surface area contributed by atoms with Crippen LogP contribution in [0.3, 0.4) is 0 Å². The van der Waals surface area contributed by atoms with Crippen LogP contribution in [-0.2, 0) is 11.8 Å². The first kappa shape index (κ1) is 18.1. The topological polar surface area (TPSA) is 86.0 Å². The number of rotatable bonds is 5. The van der Waals surface area contributed by atoms with Crippen LogP contribution in [0.1, 0.15) is 26.3 Å². The van der Waals surface area contributed by atoms with Crippen LogP contribution in [0.25, 0.3) is 10.9 Å². The highest BCUT2D eigenvalue weighted by Crippen LogP contribution is 2.20. The van der Waals surface area contributed by atoms with Gasteiger partial charge in [-0.05, 0) is 24.5 Å². The van der Waals surface area contributed by atoms with Gasteiger partial charge in [-0.3, -0.25) is 14.2 Å². The monoisotopic (exact) mass is 372 g/mol. The van der Waals surface area contributed by atoms with Gasteiger partial charge in [0.05, 0.1) is 10.9 Å². The van der Waals surface area contributed by atoms with Crippen LogP contribution in [0.4, 0.5) is 5.13 Å². The third-order valence-electron chi connectivity index (χ3n) is 4.18. The molecule has 0 aliphatic heterocycles. The van der Waals surface area contributed by atoms with Crippen molar-refractivity contribution in [3.05, 3.63) is 56.7 Å². The molecular weight excluding hydrogens is 352 g/mol. The molecule has 0 aliphatic rings. The Labute approximate surface area is 153 Å². The second-order valence-corrected chi connectivity index (χ2v) is 7.40. The van der Waals surface area contributed by atoms with E-state index in [0.717, 1.165) is 4.57 Å². The molecule has 0 fully saturated rings. The average Bonchev–Trinajstić information content (AvgIpc) is 3.11. The highest BCUT2D eigenvalue weighted by molar-refractivity contribution is 7.13. The second-order valence-electron chi connectivity index (χ2n) is 6.51. The summed E-state index contributed by atoms with van der Waals surface area (Å²) in [4.78, 5) is 42.7. The van der Waals surface area contributed by atoms with Crippen LogP contribution in [0, 0.1) is 5.92 Å². The number of amides is 1. The number of carbonyl (C=O) groups excluding carboxylic acids is 1. The maximum absolute atomic E-state index is 13.0. The summed E-state index contributed by atoms with van der Waals surface area (Å²) in [6.45, 7) is 3.89. The number of benzene rings is 1. The van der Waals surface area contributed by atoms with E-state index >= 15 is 0 Å². The molecule has 0 bridgehead atoms. The van der Waals surface area contributed by atoms with Gasteiger partial charge in [-0.25, -0.2) is 14.3 Å². The largest absolute Gasteiger partial charge is 0.331 e. The predicted octanol–water partition coefficient (Wildman–Crippen LogP) is 2.38. The highest BCUT2D eigenvalue weighted by atomic mass is 32.1.